The maximum absolute atomic E-state index is 5.09. The first kappa shape index (κ1) is 6.65. The monoisotopic (exact) mass is 184 g/mol. The zero-order valence-electron chi connectivity index (χ0n) is 6.45. The van der Waals surface area contributed by atoms with Crippen LogP contribution in [0.5, 0.6) is 0 Å². The highest BCUT2D eigenvalue weighted by atomic mass is 32.2. The standard InChI is InChI=1S/C7H8N2O2S/c1-2-4-6-7-5(3-1)8-10-12(7)11-9-6/h1-4H2. The van der Waals surface area contributed by atoms with Gasteiger partial charge in [-0.05, 0) is 25.7 Å². The van der Waals surface area contributed by atoms with Gasteiger partial charge in [0.1, 0.15) is 16.3 Å². The van der Waals surface area contributed by atoms with Crippen LogP contribution in [0.1, 0.15) is 25.7 Å². The Morgan fingerprint density at radius 2 is 1.58 bits per heavy atom. The molecule has 5 heteroatoms. The molecule has 12 heavy (non-hydrogen) atoms. The van der Waals surface area contributed by atoms with Gasteiger partial charge in [-0.2, -0.15) is 0 Å². The van der Waals surface area contributed by atoms with Gasteiger partial charge >= 0.3 is 0 Å². The van der Waals surface area contributed by atoms with Crippen molar-refractivity contribution in [2.45, 2.75) is 25.7 Å². The molecule has 0 N–H and O–H groups in total. The Morgan fingerprint density at radius 3 is 2.17 bits per heavy atom. The molecule has 0 spiro atoms. The number of hydrogen-bond donors (Lipinski definition) is 0. The van der Waals surface area contributed by atoms with E-state index in [9.17, 15) is 0 Å². The van der Waals surface area contributed by atoms with Crippen molar-refractivity contribution in [2.75, 3.05) is 0 Å². The Bertz CT molecular complexity index is 302. The average molecular weight is 184 g/mol. The van der Waals surface area contributed by atoms with Crippen LogP contribution in [-0.2, 0) is 8.57 Å². The van der Waals surface area contributed by atoms with Crippen LogP contribution in [0, 0.1) is 0 Å². The zero-order chi connectivity index (χ0) is 7.97. The van der Waals surface area contributed by atoms with Gasteiger partial charge in [-0.3, -0.25) is 8.57 Å². The molecule has 3 rings (SSSR count). The number of oxime groups is 2. The second-order valence-corrected chi connectivity index (χ2v) is 4.17. The molecule has 1 aliphatic carbocycles. The highest BCUT2D eigenvalue weighted by Gasteiger charge is 2.33. The zero-order valence-corrected chi connectivity index (χ0v) is 7.26. The van der Waals surface area contributed by atoms with Crippen LogP contribution < -0.4 is 0 Å². The Balaban J connectivity index is 2.10. The third-order valence-electron chi connectivity index (χ3n) is 2.20. The Labute approximate surface area is 72.6 Å². The van der Waals surface area contributed by atoms with Gasteiger partial charge in [0.25, 0.3) is 0 Å². The summed E-state index contributed by atoms with van der Waals surface area (Å²) in [6.07, 6.45) is 4.40. The summed E-state index contributed by atoms with van der Waals surface area (Å²) in [7, 11) is 0. The van der Waals surface area contributed by atoms with E-state index in [4.69, 9.17) is 8.57 Å². The van der Waals surface area contributed by atoms with E-state index in [2.05, 4.69) is 10.3 Å². The molecule has 4 nitrogen and oxygen atoms in total. The van der Waals surface area contributed by atoms with Crippen molar-refractivity contribution >= 4 is 27.3 Å². The van der Waals surface area contributed by atoms with Crippen molar-refractivity contribution in [3.63, 3.8) is 0 Å². The summed E-state index contributed by atoms with van der Waals surface area (Å²) in [6, 6.07) is 0. The molecular weight excluding hydrogens is 176 g/mol. The minimum atomic E-state index is -0.579. The lowest BCUT2D eigenvalue weighted by Crippen LogP contribution is -2.16. The van der Waals surface area contributed by atoms with E-state index >= 15 is 0 Å². The van der Waals surface area contributed by atoms with E-state index in [1.54, 1.807) is 0 Å². The van der Waals surface area contributed by atoms with Crippen LogP contribution in [0.4, 0.5) is 0 Å². The van der Waals surface area contributed by atoms with Crippen LogP contribution in [0.2, 0.25) is 0 Å². The van der Waals surface area contributed by atoms with Gasteiger partial charge in [0.15, 0.2) is 0 Å². The fourth-order valence-electron chi connectivity index (χ4n) is 1.59. The molecule has 0 saturated heterocycles. The van der Waals surface area contributed by atoms with Gasteiger partial charge in [0.2, 0.25) is 11.0 Å². The predicted molar refractivity (Wildman–Crippen MR) is 48.1 cm³/mol. The Kier molecular flexibility index (Phi) is 1.29. The van der Waals surface area contributed by atoms with Crippen molar-refractivity contribution in [1.29, 1.82) is 0 Å². The Morgan fingerprint density at radius 1 is 1.00 bits per heavy atom. The molecular formula is C7H8N2O2S. The van der Waals surface area contributed by atoms with Gasteiger partial charge in [0, 0.05) is 0 Å². The fraction of sp³-hybridized carbons (Fsp3) is 0.571. The van der Waals surface area contributed by atoms with Gasteiger partial charge < -0.3 is 0 Å². The summed E-state index contributed by atoms with van der Waals surface area (Å²) in [5.41, 5.74) is 2.12. The van der Waals surface area contributed by atoms with Crippen LogP contribution in [-0.4, -0.2) is 16.3 Å². The van der Waals surface area contributed by atoms with Gasteiger partial charge in [0.05, 0.1) is 0 Å². The molecule has 2 heterocycles. The fourth-order valence-corrected chi connectivity index (χ4v) is 2.75. The van der Waals surface area contributed by atoms with Gasteiger partial charge in [-0.25, -0.2) is 0 Å². The molecule has 1 fully saturated rings. The summed E-state index contributed by atoms with van der Waals surface area (Å²) >= 11 is -0.579. The van der Waals surface area contributed by atoms with E-state index in [1.807, 2.05) is 0 Å². The average Bonchev–Trinajstić information content (AvgIpc) is 2.57. The normalized spacial score (nSPS) is 26.8. The van der Waals surface area contributed by atoms with Crippen LogP contribution >= 0.6 is 11.0 Å². The summed E-state index contributed by atoms with van der Waals surface area (Å²) < 4.78 is 10.2. The number of nitrogens with zero attached hydrogens (tertiary/aromatic N) is 2. The lowest BCUT2D eigenvalue weighted by molar-refractivity contribution is 0.310. The van der Waals surface area contributed by atoms with Crippen LogP contribution in [0.15, 0.2) is 10.3 Å². The lowest BCUT2D eigenvalue weighted by Gasteiger charge is -1.92. The molecule has 0 radical (unpaired) electrons. The molecule has 2 aliphatic heterocycles. The SMILES string of the molecule is C1CCC2=NOS3=C2C(=NO3)C1. The van der Waals surface area contributed by atoms with E-state index in [0.29, 0.717) is 0 Å². The predicted octanol–water partition coefficient (Wildman–Crippen LogP) is 1.60. The molecule has 3 aliphatic rings. The van der Waals surface area contributed by atoms with E-state index in [1.165, 1.54) is 12.8 Å². The minimum absolute atomic E-state index is 0.579. The summed E-state index contributed by atoms with van der Waals surface area (Å²) in [4.78, 5) is 1.13. The molecule has 64 valence electrons. The molecule has 0 atom stereocenters. The smallest absolute Gasteiger partial charge is 0.248 e. The molecule has 0 aromatic heterocycles. The molecule has 0 bridgehead atoms. The first-order chi connectivity index (χ1) is 5.95. The number of rotatable bonds is 0. The quantitative estimate of drug-likeness (QED) is 0.537. The maximum atomic E-state index is 5.09. The maximum Gasteiger partial charge on any atom is 0.248 e. The molecule has 1 saturated carbocycles. The Hall–Kier alpha value is -0.840. The van der Waals surface area contributed by atoms with Crippen molar-refractivity contribution in [3.05, 3.63) is 0 Å². The number of hydrogen-bond acceptors (Lipinski definition) is 4. The molecule has 0 aromatic carbocycles. The first-order valence-electron chi connectivity index (χ1n) is 4.06. The molecule has 0 unspecified atom stereocenters. The van der Waals surface area contributed by atoms with Crippen molar-refractivity contribution in [2.24, 2.45) is 10.3 Å². The molecule has 0 amide bonds. The van der Waals surface area contributed by atoms with Crippen LogP contribution in [0.3, 0.4) is 0 Å². The summed E-state index contributed by atoms with van der Waals surface area (Å²) in [5.74, 6) is 0. The second kappa shape index (κ2) is 2.32. The van der Waals surface area contributed by atoms with Crippen LogP contribution in [0.25, 0.3) is 0 Å². The second-order valence-electron chi connectivity index (χ2n) is 3.00. The van der Waals surface area contributed by atoms with Crippen molar-refractivity contribution < 1.29 is 8.57 Å². The highest BCUT2D eigenvalue weighted by molar-refractivity contribution is 8.10. The lowest BCUT2D eigenvalue weighted by atomic mass is 10.1. The van der Waals surface area contributed by atoms with Crippen molar-refractivity contribution in [1.82, 2.24) is 0 Å². The van der Waals surface area contributed by atoms with E-state index in [-0.39, 0.29) is 0 Å². The topological polar surface area (TPSA) is 43.2 Å². The van der Waals surface area contributed by atoms with Gasteiger partial charge in [-0.1, -0.05) is 10.3 Å². The summed E-state index contributed by atoms with van der Waals surface area (Å²) in [5, 5.41) is 7.97. The highest BCUT2D eigenvalue weighted by Crippen LogP contribution is 2.34. The summed E-state index contributed by atoms with van der Waals surface area (Å²) in [6.45, 7) is 0. The minimum Gasteiger partial charge on any atom is -0.288 e. The van der Waals surface area contributed by atoms with E-state index < -0.39 is 11.0 Å². The third kappa shape index (κ3) is 0.769. The largest absolute Gasteiger partial charge is 0.288 e. The van der Waals surface area contributed by atoms with Crippen molar-refractivity contribution in [3.8, 4) is 0 Å². The molecule has 0 aromatic rings. The first-order valence-corrected chi connectivity index (χ1v) is 5.13. The van der Waals surface area contributed by atoms with E-state index in [0.717, 1.165) is 29.1 Å². The van der Waals surface area contributed by atoms with Gasteiger partial charge in [-0.15, -0.1) is 0 Å². The third-order valence-corrected chi connectivity index (χ3v) is 3.42.